The maximum atomic E-state index is 12.7. The first kappa shape index (κ1) is 19.4. The van der Waals surface area contributed by atoms with Crippen molar-refractivity contribution in [2.24, 2.45) is 0 Å². The minimum absolute atomic E-state index is 0.223. The number of ether oxygens (including phenoxy) is 2. The molecule has 3 rings (SSSR count). The van der Waals surface area contributed by atoms with Crippen LogP contribution in [0.3, 0.4) is 0 Å². The van der Waals surface area contributed by atoms with Gasteiger partial charge in [0.15, 0.2) is 0 Å². The molecule has 0 aromatic heterocycles. The van der Waals surface area contributed by atoms with Gasteiger partial charge in [0.25, 0.3) is 5.91 Å². The van der Waals surface area contributed by atoms with Crippen LogP contribution >= 0.6 is 11.6 Å². The fourth-order valence-corrected chi connectivity index (χ4v) is 3.60. The third-order valence-electron chi connectivity index (χ3n) is 5.02. The maximum absolute atomic E-state index is 12.7. The van der Waals surface area contributed by atoms with Gasteiger partial charge in [0.1, 0.15) is 0 Å². The van der Waals surface area contributed by atoms with Crippen molar-refractivity contribution in [2.75, 3.05) is 26.9 Å². The Labute approximate surface area is 163 Å². The van der Waals surface area contributed by atoms with Crippen LogP contribution in [0.5, 0.6) is 0 Å². The second kappa shape index (κ2) is 8.55. The van der Waals surface area contributed by atoms with Crippen LogP contribution in [0.2, 0.25) is 5.02 Å². The summed E-state index contributed by atoms with van der Waals surface area (Å²) in [5, 5.41) is 3.70. The number of benzene rings is 2. The molecule has 0 saturated carbocycles. The number of amides is 1. The molecule has 0 unspecified atom stereocenters. The number of nitrogens with one attached hydrogen (secondary N) is 1. The highest BCUT2D eigenvalue weighted by atomic mass is 35.5. The van der Waals surface area contributed by atoms with Gasteiger partial charge >= 0.3 is 5.97 Å². The molecular weight excluding hydrogens is 366 g/mol. The van der Waals surface area contributed by atoms with E-state index in [9.17, 15) is 9.59 Å². The number of rotatable bonds is 5. The molecule has 1 amide bonds. The molecule has 2 aromatic carbocycles. The van der Waals surface area contributed by atoms with E-state index in [1.54, 1.807) is 18.2 Å². The van der Waals surface area contributed by atoms with Crippen LogP contribution in [0.1, 0.15) is 39.1 Å². The molecule has 2 aromatic rings. The van der Waals surface area contributed by atoms with Crippen LogP contribution in [-0.2, 0) is 14.9 Å². The number of esters is 1. The van der Waals surface area contributed by atoms with Gasteiger partial charge in [0, 0.05) is 35.8 Å². The van der Waals surface area contributed by atoms with Crippen LogP contribution in [0.25, 0.3) is 0 Å². The Bertz CT molecular complexity index is 830. The number of hydrogen-bond donors (Lipinski definition) is 1. The van der Waals surface area contributed by atoms with Gasteiger partial charge in [-0.2, -0.15) is 0 Å². The van der Waals surface area contributed by atoms with Crippen molar-refractivity contribution in [3.8, 4) is 0 Å². The minimum Gasteiger partial charge on any atom is -0.465 e. The quantitative estimate of drug-likeness (QED) is 0.796. The van der Waals surface area contributed by atoms with Gasteiger partial charge < -0.3 is 14.8 Å². The standard InChI is InChI=1S/C21H22ClNO4/c1-26-20(25)16-5-2-4-15(12-16)19(24)23-14-21(8-10-27-11-9-21)17-6-3-7-18(22)13-17/h2-7,12-13H,8-11,14H2,1H3,(H,23,24). The summed E-state index contributed by atoms with van der Waals surface area (Å²) in [7, 11) is 1.31. The first-order chi connectivity index (χ1) is 13.0. The number of carbonyl (C=O) groups is 2. The van der Waals surface area contributed by atoms with Gasteiger partial charge in [-0.05, 0) is 48.7 Å². The van der Waals surface area contributed by atoms with E-state index in [1.807, 2.05) is 24.3 Å². The molecule has 6 heteroatoms. The van der Waals surface area contributed by atoms with Crippen molar-refractivity contribution < 1.29 is 19.1 Å². The van der Waals surface area contributed by atoms with Crippen molar-refractivity contribution in [3.63, 3.8) is 0 Å². The molecule has 142 valence electrons. The van der Waals surface area contributed by atoms with Crippen molar-refractivity contribution >= 4 is 23.5 Å². The summed E-state index contributed by atoms with van der Waals surface area (Å²) in [6.45, 7) is 1.75. The maximum Gasteiger partial charge on any atom is 0.337 e. The van der Waals surface area contributed by atoms with Gasteiger partial charge in [0.2, 0.25) is 0 Å². The molecule has 0 aliphatic carbocycles. The Balaban J connectivity index is 1.78. The molecule has 0 spiro atoms. The van der Waals surface area contributed by atoms with E-state index in [1.165, 1.54) is 13.2 Å². The average molecular weight is 388 g/mol. The number of hydrogen-bond acceptors (Lipinski definition) is 4. The zero-order valence-electron chi connectivity index (χ0n) is 15.2. The highest BCUT2D eigenvalue weighted by molar-refractivity contribution is 6.30. The Morgan fingerprint density at radius 2 is 1.81 bits per heavy atom. The van der Waals surface area contributed by atoms with Crippen LogP contribution in [-0.4, -0.2) is 38.7 Å². The highest BCUT2D eigenvalue weighted by Crippen LogP contribution is 2.35. The van der Waals surface area contributed by atoms with E-state index >= 15 is 0 Å². The van der Waals surface area contributed by atoms with Crippen LogP contribution in [0, 0.1) is 0 Å². The van der Waals surface area contributed by atoms with Gasteiger partial charge in [0.05, 0.1) is 12.7 Å². The first-order valence-corrected chi connectivity index (χ1v) is 9.22. The summed E-state index contributed by atoms with van der Waals surface area (Å²) in [4.78, 5) is 24.4. The predicted molar refractivity (Wildman–Crippen MR) is 103 cm³/mol. The van der Waals surface area contributed by atoms with E-state index in [2.05, 4.69) is 5.32 Å². The molecule has 1 fully saturated rings. The summed E-state index contributed by atoms with van der Waals surface area (Å²) in [5.74, 6) is -0.696. The van der Waals surface area contributed by atoms with Gasteiger partial charge in [-0.15, -0.1) is 0 Å². The summed E-state index contributed by atoms with van der Waals surface area (Å²) >= 11 is 6.18. The minimum atomic E-state index is -0.468. The monoisotopic (exact) mass is 387 g/mol. The van der Waals surface area contributed by atoms with Crippen molar-refractivity contribution in [2.45, 2.75) is 18.3 Å². The summed E-state index contributed by atoms with van der Waals surface area (Å²) in [6.07, 6.45) is 1.60. The molecule has 1 heterocycles. The van der Waals surface area contributed by atoms with Gasteiger partial charge in [-0.3, -0.25) is 4.79 Å². The fraction of sp³-hybridized carbons (Fsp3) is 0.333. The second-order valence-corrected chi connectivity index (χ2v) is 7.09. The van der Waals surface area contributed by atoms with E-state index in [0.717, 1.165) is 18.4 Å². The average Bonchev–Trinajstić information content (AvgIpc) is 2.72. The third kappa shape index (κ3) is 4.49. The zero-order valence-corrected chi connectivity index (χ0v) is 15.9. The largest absolute Gasteiger partial charge is 0.465 e. The van der Waals surface area contributed by atoms with Crippen molar-refractivity contribution in [1.82, 2.24) is 5.32 Å². The molecule has 1 aliphatic heterocycles. The predicted octanol–water partition coefficient (Wildman–Crippen LogP) is 3.60. The Morgan fingerprint density at radius 1 is 1.11 bits per heavy atom. The van der Waals surface area contributed by atoms with E-state index < -0.39 is 5.97 Å². The first-order valence-electron chi connectivity index (χ1n) is 8.84. The molecule has 5 nitrogen and oxygen atoms in total. The number of methoxy groups -OCH3 is 1. The Kier molecular flexibility index (Phi) is 6.14. The van der Waals surface area contributed by atoms with Crippen LogP contribution < -0.4 is 5.32 Å². The van der Waals surface area contributed by atoms with Gasteiger partial charge in [-0.1, -0.05) is 29.8 Å². The lowest BCUT2D eigenvalue weighted by atomic mass is 9.74. The Morgan fingerprint density at radius 3 is 2.52 bits per heavy atom. The van der Waals surface area contributed by atoms with E-state index in [-0.39, 0.29) is 11.3 Å². The summed E-state index contributed by atoms with van der Waals surface area (Å²) < 4.78 is 10.2. The highest BCUT2D eigenvalue weighted by Gasteiger charge is 2.35. The lowest BCUT2D eigenvalue weighted by molar-refractivity contribution is 0.0487. The molecule has 1 aliphatic rings. The molecule has 0 bridgehead atoms. The SMILES string of the molecule is COC(=O)c1cccc(C(=O)NCC2(c3cccc(Cl)c3)CCOCC2)c1. The smallest absolute Gasteiger partial charge is 0.337 e. The topological polar surface area (TPSA) is 64.6 Å². The summed E-state index contributed by atoms with van der Waals surface area (Å²) in [5.41, 5.74) is 1.65. The number of carbonyl (C=O) groups excluding carboxylic acids is 2. The lowest BCUT2D eigenvalue weighted by Gasteiger charge is -2.38. The molecule has 0 atom stereocenters. The second-order valence-electron chi connectivity index (χ2n) is 6.66. The summed E-state index contributed by atoms with van der Waals surface area (Å²) in [6, 6.07) is 14.3. The lowest BCUT2D eigenvalue weighted by Crippen LogP contribution is -2.44. The normalized spacial score (nSPS) is 15.8. The van der Waals surface area contributed by atoms with Gasteiger partial charge in [-0.25, -0.2) is 4.79 Å². The zero-order chi connectivity index (χ0) is 19.3. The van der Waals surface area contributed by atoms with Crippen molar-refractivity contribution in [1.29, 1.82) is 0 Å². The number of halogens is 1. The van der Waals surface area contributed by atoms with Crippen LogP contribution in [0.15, 0.2) is 48.5 Å². The Hall–Kier alpha value is -2.37. The van der Waals surface area contributed by atoms with Crippen LogP contribution in [0.4, 0.5) is 0 Å². The molecule has 27 heavy (non-hydrogen) atoms. The van der Waals surface area contributed by atoms with E-state index in [4.69, 9.17) is 21.1 Å². The molecule has 1 saturated heterocycles. The fourth-order valence-electron chi connectivity index (χ4n) is 3.40. The van der Waals surface area contributed by atoms with Crippen molar-refractivity contribution in [3.05, 3.63) is 70.2 Å². The third-order valence-corrected chi connectivity index (χ3v) is 5.26. The molecular formula is C21H22ClNO4. The molecule has 1 N–H and O–H groups in total. The van der Waals surface area contributed by atoms with E-state index in [0.29, 0.717) is 35.9 Å². The molecule has 0 radical (unpaired) electrons.